The van der Waals surface area contributed by atoms with Crippen LogP contribution in [0.15, 0.2) is 53.9 Å². The summed E-state index contributed by atoms with van der Waals surface area (Å²) in [5, 5.41) is 10.0. The van der Waals surface area contributed by atoms with E-state index in [0.717, 1.165) is 29.4 Å². The molecule has 126 valence electrons. The maximum Gasteiger partial charge on any atom is 0.192 e. The van der Waals surface area contributed by atoms with Gasteiger partial charge in [0.1, 0.15) is 0 Å². The highest BCUT2D eigenvalue weighted by molar-refractivity contribution is 7.99. The Morgan fingerprint density at radius 1 is 1.20 bits per heavy atom. The number of hydrogen-bond donors (Lipinski definition) is 0. The summed E-state index contributed by atoms with van der Waals surface area (Å²) < 4.78 is 2.14. The van der Waals surface area contributed by atoms with Crippen LogP contribution < -0.4 is 0 Å². The zero-order valence-electron chi connectivity index (χ0n) is 13.3. The fraction of sp³-hybridized carbons (Fsp3) is 0.222. The zero-order valence-corrected chi connectivity index (χ0v) is 14.9. The summed E-state index contributed by atoms with van der Waals surface area (Å²) in [5.41, 5.74) is 1.60. The van der Waals surface area contributed by atoms with Crippen LogP contribution in [0.1, 0.15) is 29.2 Å². The SMILES string of the molecule is O=C(CSc1nnc(-c2cccnc2)n1C1CC1)c1ccc(Cl)cc1. The van der Waals surface area contributed by atoms with Gasteiger partial charge in [0.05, 0.1) is 5.75 Å². The minimum atomic E-state index is 0.0509. The van der Waals surface area contributed by atoms with E-state index in [9.17, 15) is 4.79 Å². The number of rotatable bonds is 6. The molecule has 0 spiro atoms. The lowest BCUT2D eigenvalue weighted by atomic mass is 10.1. The van der Waals surface area contributed by atoms with E-state index in [-0.39, 0.29) is 5.78 Å². The van der Waals surface area contributed by atoms with Crippen molar-refractivity contribution in [2.24, 2.45) is 0 Å². The monoisotopic (exact) mass is 370 g/mol. The number of Topliss-reactive ketones (excluding diaryl/α,β-unsaturated/α-hetero) is 1. The molecule has 4 rings (SSSR count). The number of benzene rings is 1. The van der Waals surface area contributed by atoms with Gasteiger partial charge in [0, 0.05) is 34.6 Å². The molecule has 1 aliphatic rings. The summed E-state index contributed by atoms with van der Waals surface area (Å²) in [6, 6.07) is 11.2. The standard InChI is InChI=1S/C18H15ClN4OS/c19-14-5-3-12(4-6-14)16(24)11-25-18-22-21-17(23(18)15-7-8-15)13-2-1-9-20-10-13/h1-6,9-10,15H,7-8,11H2. The summed E-state index contributed by atoms with van der Waals surface area (Å²) in [4.78, 5) is 16.5. The van der Waals surface area contributed by atoms with Crippen LogP contribution in [0.4, 0.5) is 0 Å². The summed E-state index contributed by atoms with van der Waals surface area (Å²) in [6.07, 6.45) is 5.76. The third kappa shape index (κ3) is 3.60. The van der Waals surface area contributed by atoms with Crippen LogP contribution in [0.25, 0.3) is 11.4 Å². The second kappa shape index (κ2) is 6.98. The molecule has 7 heteroatoms. The van der Waals surface area contributed by atoms with Gasteiger partial charge in [0.15, 0.2) is 16.8 Å². The first kappa shape index (κ1) is 16.3. The predicted molar refractivity (Wildman–Crippen MR) is 98.0 cm³/mol. The van der Waals surface area contributed by atoms with Gasteiger partial charge in [-0.15, -0.1) is 10.2 Å². The van der Waals surface area contributed by atoms with Crippen molar-refractivity contribution in [1.29, 1.82) is 0 Å². The van der Waals surface area contributed by atoms with Crippen LogP contribution in [-0.4, -0.2) is 31.3 Å². The van der Waals surface area contributed by atoms with E-state index in [2.05, 4.69) is 19.7 Å². The second-order valence-corrected chi connectivity index (χ2v) is 7.25. The van der Waals surface area contributed by atoms with Crippen LogP contribution in [0.2, 0.25) is 5.02 Å². The van der Waals surface area contributed by atoms with Gasteiger partial charge in [0.2, 0.25) is 0 Å². The number of nitrogens with zero attached hydrogens (tertiary/aromatic N) is 4. The summed E-state index contributed by atoms with van der Waals surface area (Å²) in [6.45, 7) is 0. The maximum absolute atomic E-state index is 12.4. The molecule has 2 heterocycles. The van der Waals surface area contributed by atoms with Crippen molar-refractivity contribution in [3.05, 3.63) is 59.4 Å². The molecule has 0 radical (unpaired) electrons. The molecule has 1 saturated carbocycles. The number of aromatic nitrogens is 4. The molecule has 0 saturated heterocycles. The van der Waals surface area contributed by atoms with Crippen LogP contribution in [0.5, 0.6) is 0 Å². The maximum atomic E-state index is 12.4. The number of carbonyl (C=O) groups is 1. The molecule has 3 aromatic rings. The third-order valence-electron chi connectivity index (χ3n) is 3.99. The van der Waals surface area contributed by atoms with Gasteiger partial charge in [-0.1, -0.05) is 23.4 Å². The molecule has 0 aliphatic heterocycles. The van der Waals surface area contributed by atoms with Crippen LogP contribution >= 0.6 is 23.4 Å². The van der Waals surface area contributed by atoms with Gasteiger partial charge in [-0.2, -0.15) is 0 Å². The average molecular weight is 371 g/mol. The molecular weight excluding hydrogens is 356 g/mol. The molecule has 25 heavy (non-hydrogen) atoms. The van der Waals surface area contributed by atoms with E-state index in [1.54, 1.807) is 36.7 Å². The number of pyridine rings is 1. The molecule has 0 atom stereocenters. The molecule has 0 amide bonds. The summed E-state index contributed by atoms with van der Waals surface area (Å²) >= 11 is 7.29. The Morgan fingerprint density at radius 2 is 2.00 bits per heavy atom. The Morgan fingerprint density at radius 3 is 2.68 bits per heavy atom. The number of carbonyl (C=O) groups excluding carboxylic acids is 1. The van der Waals surface area contributed by atoms with E-state index < -0.39 is 0 Å². The Kier molecular flexibility index (Phi) is 4.55. The van der Waals surface area contributed by atoms with Gasteiger partial charge >= 0.3 is 0 Å². The number of halogens is 1. The fourth-order valence-corrected chi connectivity index (χ4v) is 3.60. The van der Waals surface area contributed by atoms with Crippen molar-refractivity contribution in [3.8, 4) is 11.4 Å². The van der Waals surface area contributed by atoms with E-state index >= 15 is 0 Å². The average Bonchev–Trinajstić information content (AvgIpc) is 3.40. The Bertz CT molecular complexity index is 891. The zero-order chi connectivity index (χ0) is 17.2. The number of ketones is 1. The van der Waals surface area contributed by atoms with Crippen molar-refractivity contribution in [3.63, 3.8) is 0 Å². The quantitative estimate of drug-likeness (QED) is 0.478. The lowest BCUT2D eigenvalue weighted by Gasteiger charge is -2.08. The number of hydrogen-bond acceptors (Lipinski definition) is 5. The third-order valence-corrected chi connectivity index (χ3v) is 5.19. The largest absolute Gasteiger partial charge is 0.299 e. The molecule has 2 aromatic heterocycles. The molecule has 0 unspecified atom stereocenters. The molecule has 5 nitrogen and oxygen atoms in total. The minimum absolute atomic E-state index is 0.0509. The molecule has 1 aromatic carbocycles. The minimum Gasteiger partial charge on any atom is -0.299 e. The van der Waals surface area contributed by atoms with Crippen molar-refractivity contribution in [2.75, 3.05) is 5.75 Å². The highest BCUT2D eigenvalue weighted by Crippen LogP contribution is 2.41. The van der Waals surface area contributed by atoms with Crippen molar-refractivity contribution < 1.29 is 4.79 Å². The Balaban J connectivity index is 1.54. The topological polar surface area (TPSA) is 60.7 Å². The highest BCUT2D eigenvalue weighted by atomic mass is 35.5. The van der Waals surface area contributed by atoms with Gasteiger partial charge in [0.25, 0.3) is 0 Å². The van der Waals surface area contributed by atoms with E-state index in [1.807, 2.05) is 12.1 Å². The Labute approximate surface area is 154 Å². The molecule has 1 aliphatic carbocycles. The van der Waals surface area contributed by atoms with E-state index in [0.29, 0.717) is 22.4 Å². The first-order valence-corrected chi connectivity index (χ1v) is 9.35. The molecule has 1 fully saturated rings. The van der Waals surface area contributed by atoms with Gasteiger partial charge in [-0.05, 0) is 49.2 Å². The highest BCUT2D eigenvalue weighted by Gasteiger charge is 2.30. The molecular formula is C18H15ClN4OS. The van der Waals surface area contributed by atoms with Crippen LogP contribution in [0, 0.1) is 0 Å². The van der Waals surface area contributed by atoms with Gasteiger partial charge in [-0.25, -0.2) is 0 Å². The Hall–Kier alpha value is -2.18. The summed E-state index contributed by atoms with van der Waals surface area (Å²) in [7, 11) is 0. The predicted octanol–water partition coefficient (Wildman–Crippen LogP) is 4.30. The van der Waals surface area contributed by atoms with Gasteiger partial charge in [-0.3, -0.25) is 14.3 Å². The van der Waals surface area contributed by atoms with Crippen molar-refractivity contribution >= 4 is 29.1 Å². The summed E-state index contributed by atoms with van der Waals surface area (Å²) in [5.74, 6) is 1.19. The van der Waals surface area contributed by atoms with Crippen LogP contribution in [-0.2, 0) is 0 Å². The molecule has 0 bridgehead atoms. The number of thioether (sulfide) groups is 1. The lowest BCUT2D eigenvalue weighted by molar-refractivity contribution is 0.102. The van der Waals surface area contributed by atoms with E-state index in [1.165, 1.54) is 11.8 Å². The lowest BCUT2D eigenvalue weighted by Crippen LogP contribution is -2.05. The van der Waals surface area contributed by atoms with Crippen LogP contribution in [0.3, 0.4) is 0 Å². The van der Waals surface area contributed by atoms with Crippen molar-refractivity contribution in [1.82, 2.24) is 19.7 Å². The van der Waals surface area contributed by atoms with Crippen molar-refractivity contribution in [2.45, 2.75) is 24.0 Å². The normalized spacial score (nSPS) is 13.8. The van der Waals surface area contributed by atoms with E-state index in [4.69, 9.17) is 11.6 Å². The molecule has 0 N–H and O–H groups in total. The fourth-order valence-electron chi connectivity index (χ4n) is 2.58. The smallest absolute Gasteiger partial charge is 0.192 e. The second-order valence-electron chi connectivity index (χ2n) is 5.87. The van der Waals surface area contributed by atoms with Gasteiger partial charge < -0.3 is 0 Å². The first-order chi connectivity index (χ1) is 12.2. The first-order valence-electron chi connectivity index (χ1n) is 7.99.